The van der Waals surface area contributed by atoms with Crippen LogP contribution >= 0.6 is 11.6 Å². The molecule has 94 valence electrons. The van der Waals surface area contributed by atoms with E-state index in [1.807, 2.05) is 0 Å². The maximum absolute atomic E-state index is 13.8. The van der Waals surface area contributed by atoms with E-state index in [1.165, 1.54) is 18.2 Å². The quantitative estimate of drug-likeness (QED) is 0.879. The highest BCUT2D eigenvalue weighted by molar-refractivity contribution is 6.31. The van der Waals surface area contributed by atoms with Gasteiger partial charge in [0.25, 0.3) is 5.56 Å². The molecule has 1 aromatic carbocycles. The number of nitrogens with zero attached hydrogens (tertiary/aromatic N) is 1. The van der Waals surface area contributed by atoms with Crippen molar-refractivity contribution in [2.24, 2.45) is 0 Å². The van der Waals surface area contributed by atoms with Crippen LogP contribution in [-0.4, -0.2) is 15.1 Å². The number of halogens is 2. The first-order valence-corrected chi connectivity index (χ1v) is 5.69. The average molecular weight is 269 g/mol. The van der Waals surface area contributed by atoms with Gasteiger partial charge in [0.05, 0.1) is 16.1 Å². The normalized spacial score (nSPS) is 10.6. The molecule has 18 heavy (non-hydrogen) atoms. The Bertz CT molecular complexity index is 655. The summed E-state index contributed by atoms with van der Waals surface area (Å²) in [6, 6.07) is 4.34. The van der Waals surface area contributed by atoms with Crippen molar-refractivity contribution in [3.05, 3.63) is 45.0 Å². The topological polar surface area (TPSA) is 66.0 Å². The summed E-state index contributed by atoms with van der Waals surface area (Å²) in [6.45, 7) is 1.71. The first-order chi connectivity index (χ1) is 8.54. The van der Waals surface area contributed by atoms with Gasteiger partial charge in [-0.15, -0.1) is 0 Å². The van der Waals surface area contributed by atoms with E-state index in [9.17, 15) is 14.3 Å². The maximum atomic E-state index is 13.8. The number of H-pyrrole nitrogens is 1. The summed E-state index contributed by atoms with van der Waals surface area (Å²) in [7, 11) is 0. The summed E-state index contributed by atoms with van der Waals surface area (Å²) in [5, 5.41) is 9.53. The molecule has 0 fully saturated rings. The zero-order chi connectivity index (χ0) is 13.3. The molecule has 0 saturated carbocycles. The van der Waals surface area contributed by atoms with Crippen LogP contribution in [0.5, 0.6) is 5.88 Å². The van der Waals surface area contributed by atoms with Crippen LogP contribution in [-0.2, 0) is 6.42 Å². The van der Waals surface area contributed by atoms with E-state index < -0.39 is 17.3 Å². The minimum Gasteiger partial charge on any atom is -0.493 e. The summed E-state index contributed by atoms with van der Waals surface area (Å²) < 4.78 is 13.8. The Labute approximate surface area is 107 Å². The summed E-state index contributed by atoms with van der Waals surface area (Å²) in [4.78, 5) is 17.9. The van der Waals surface area contributed by atoms with Crippen molar-refractivity contribution in [1.82, 2.24) is 9.97 Å². The molecule has 0 atom stereocenters. The minimum absolute atomic E-state index is 0.0394. The van der Waals surface area contributed by atoms with Crippen molar-refractivity contribution >= 4 is 11.6 Å². The number of aromatic amines is 1. The number of aromatic nitrogens is 2. The van der Waals surface area contributed by atoms with Gasteiger partial charge in [0.1, 0.15) is 5.82 Å². The molecule has 0 aliphatic rings. The molecular weight excluding hydrogens is 259 g/mol. The molecule has 2 aromatic rings. The van der Waals surface area contributed by atoms with Crippen LogP contribution in [0.3, 0.4) is 0 Å². The maximum Gasteiger partial charge on any atom is 0.258 e. The highest BCUT2D eigenvalue weighted by Crippen LogP contribution is 2.25. The number of hydrogen-bond acceptors (Lipinski definition) is 3. The van der Waals surface area contributed by atoms with E-state index in [2.05, 4.69) is 9.97 Å². The average Bonchev–Trinajstić information content (AvgIpc) is 2.32. The van der Waals surface area contributed by atoms with Gasteiger partial charge in [-0.3, -0.25) is 4.79 Å². The van der Waals surface area contributed by atoms with Crippen LogP contribution in [0, 0.1) is 5.82 Å². The monoisotopic (exact) mass is 268 g/mol. The molecule has 4 nitrogen and oxygen atoms in total. The molecule has 0 bridgehead atoms. The first kappa shape index (κ1) is 12.6. The molecule has 0 amide bonds. The lowest BCUT2D eigenvalue weighted by Gasteiger charge is -2.06. The van der Waals surface area contributed by atoms with E-state index in [0.717, 1.165) is 0 Å². The molecule has 0 aliphatic carbocycles. The van der Waals surface area contributed by atoms with Gasteiger partial charge in [0, 0.05) is 0 Å². The summed E-state index contributed by atoms with van der Waals surface area (Å²) in [5.74, 6) is -1.13. The molecule has 6 heteroatoms. The molecule has 2 rings (SSSR count). The summed E-state index contributed by atoms with van der Waals surface area (Å²) in [5.41, 5.74) is -0.280. The highest BCUT2D eigenvalue weighted by Gasteiger charge is 2.14. The Kier molecular flexibility index (Phi) is 3.34. The second kappa shape index (κ2) is 4.78. The molecule has 1 heterocycles. The number of benzene rings is 1. The molecule has 0 saturated heterocycles. The number of nitrogens with one attached hydrogen (secondary N) is 1. The Morgan fingerprint density at radius 1 is 1.50 bits per heavy atom. The van der Waals surface area contributed by atoms with Gasteiger partial charge < -0.3 is 10.1 Å². The van der Waals surface area contributed by atoms with E-state index in [-0.39, 0.29) is 22.0 Å². The summed E-state index contributed by atoms with van der Waals surface area (Å²) in [6.07, 6.45) is 0.340. The molecule has 0 spiro atoms. The fourth-order valence-electron chi connectivity index (χ4n) is 1.62. The van der Waals surface area contributed by atoms with Crippen molar-refractivity contribution < 1.29 is 9.50 Å². The Hall–Kier alpha value is -1.88. The van der Waals surface area contributed by atoms with Crippen LogP contribution < -0.4 is 5.56 Å². The third kappa shape index (κ3) is 2.09. The molecular formula is C12H10ClFN2O2. The standard InChI is InChI=1S/C12H10ClFN2O2/c1-2-6-11(17)15-10(16-12(6)18)7-4-3-5-8(13)9(7)14/h3-5H,2H2,1H3,(H2,15,16,17,18). The number of rotatable bonds is 2. The molecule has 1 aromatic heterocycles. The Balaban J connectivity index is 2.66. The van der Waals surface area contributed by atoms with E-state index in [4.69, 9.17) is 11.6 Å². The molecule has 0 radical (unpaired) electrons. The number of aromatic hydroxyl groups is 1. The van der Waals surface area contributed by atoms with Crippen molar-refractivity contribution in [2.75, 3.05) is 0 Å². The molecule has 0 aliphatic heterocycles. The van der Waals surface area contributed by atoms with Crippen molar-refractivity contribution in [1.29, 1.82) is 0 Å². The lowest BCUT2D eigenvalue weighted by molar-refractivity contribution is 0.444. The van der Waals surface area contributed by atoms with Crippen LogP contribution in [0.25, 0.3) is 11.4 Å². The van der Waals surface area contributed by atoms with Crippen molar-refractivity contribution in [3.8, 4) is 17.3 Å². The number of hydrogen-bond donors (Lipinski definition) is 2. The minimum atomic E-state index is -0.689. The van der Waals surface area contributed by atoms with Crippen LogP contribution in [0.2, 0.25) is 5.02 Å². The predicted molar refractivity (Wildman–Crippen MR) is 66.3 cm³/mol. The highest BCUT2D eigenvalue weighted by atomic mass is 35.5. The predicted octanol–water partition coefficient (Wildman–Crippen LogP) is 2.50. The van der Waals surface area contributed by atoms with E-state index in [1.54, 1.807) is 6.92 Å². The second-order valence-electron chi connectivity index (χ2n) is 3.67. The zero-order valence-electron chi connectivity index (χ0n) is 9.50. The van der Waals surface area contributed by atoms with E-state index in [0.29, 0.717) is 6.42 Å². The van der Waals surface area contributed by atoms with Crippen LogP contribution in [0.15, 0.2) is 23.0 Å². The van der Waals surface area contributed by atoms with E-state index >= 15 is 0 Å². The largest absolute Gasteiger partial charge is 0.493 e. The van der Waals surface area contributed by atoms with Crippen LogP contribution in [0.1, 0.15) is 12.5 Å². The second-order valence-corrected chi connectivity index (χ2v) is 4.08. The Morgan fingerprint density at radius 3 is 2.83 bits per heavy atom. The van der Waals surface area contributed by atoms with Gasteiger partial charge in [-0.2, -0.15) is 4.98 Å². The van der Waals surface area contributed by atoms with Gasteiger partial charge in [0.2, 0.25) is 5.88 Å². The van der Waals surface area contributed by atoms with Gasteiger partial charge in [-0.05, 0) is 18.6 Å². The lowest BCUT2D eigenvalue weighted by atomic mass is 10.2. The van der Waals surface area contributed by atoms with Gasteiger partial charge in [-0.1, -0.05) is 24.6 Å². The van der Waals surface area contributed by atoms with Gasteiger partial charge in [0.15, 0.2) is 5.82 Å². The fraction of sp³-hybridized carbons (Fsp3) is 0.167. The SMILES string of the molecule is CCc1c(O)nc(-c2cccc(Cl)c2F)[nH]c1=O. The van der Waals surface area contributed by atoms with Crippen molar-refractivity contribution in [3.63, 3.8) is 0 Å². The molecule has 0 unspecified atom stereocenters. The van der Waals surface area contributed by atoms with Gasteiger partial charge >= 0.3 is 0 Å². The molecule has 2 N–H and O–H groups in total. The third-order valence-corrected chi connectivity index (χ3v) is 2.85. The van der Waals surface area contributed by atoms with Crippen LogP contribution in [0.4, 0.5) is 4.39 Å². The smallest absolute Gasteiger partial charge is 0.258 e. The zero-order valence-corrected chi connectivity index (χ0v) is 10.3. The van der Waals surface area contributed by atoms with Gasteiger partial charge in [-0.25, -0.2) is 4.39 Å². The summed E-state index contributed by atoms with van der Waals surface area (Å²) >= 11 is 5.64. The fourth-order valence-corrected chi connectivity index (χ4v) is 1.79. The van der Waals surface area contributed by atoms with Crippen molar-refractivity contribution in [2.45, 2.75) is 13.3 Å². The first-order valence-electron chi connectivity index (χ1n) is 5.31. The lowest BCUT2D eigenvalue weighted by Crippen LogP contribution is -2.14. The third-order valence-electron chi connectivity index (χ3n) is 2.55. The Morgan fingerprint density at radius 2 is 2.22 bits per heavy atom.